The summed E-state index contributed by atoms with van der Waals surface area (Å²) in [6.07, 6.45) is 7.37. The SMILES string of the molecule is NC(=S)N/N=C/c1cccc(OCCCCCCOc2cccc(/C=N/NC(N)=S)c2)c1. The van der Waals surface area contributed by atoms with Gasteiger partial charge in [-0.3, -0.25) is 10.9 Å². The molecule has 170 valence electrons. The number of ether oxygens (including phenoxy) is 2. The van der Waals surface area contributed by atoms with E-state index < -0.39 is 0 Å². The molecule has 0 aliphatic heterocycles. The van der Waals surface area contributed by atoms with Crippen molar-refractivity contribution in [1.29, 1.82) is 0 Å². The van der Waals surface area contributed by atoms with Gasteiger partial charge in [-0.2, -0.15) is 10.2 Å². The van der Waals surface area contributed by atoms with E-state index in [0.29, 0.717) is 13.2 Å². The van der Waals surface area contributed by atoms with Crippen LogP contribution in [-0.4, -0.2) is 35.9 Å². The van der Waals surface area contributed by atoms with E-state index in [2.05, 4.69) is 21.1 Å². The van der Waals surface area contributed by atoms with Crippen molar-refractivity contribution >= 4 is 47.1 Å². The van der Waals surface area contributed by atoms with Gasteiger partial charge in [0, 0.05) is 0 Å². The number of thiocarbonyl (C=S) groups is 2. The van der Waals surface area contributed by atoms with Crippen LogP contribution in [0.3, 0.4) is 0 Å². The Labute approximate surface area is 199 Å². The van der Waals surface area contributed by atoms with Gasteiger partial charge in [-0.25, -0.2) is 0 Å². The number of hydrogen-bond acceptors (Lipinski definition) is 6. The molecule has 32 heavy (non-hydrogen) atoms. The number of nitrogens with zero attached hydrogens (tertiary/aromatic N) is 2. The lowest BCUT2D eigenvalue weighted by Crippen LogP contribution is -2.23. The van der Waals surface area contributed by atoms with Gasteiger partial charge in [-0.15, -0.1) is 0 Å². The van der Waals surface area contributed by atoms with Crippen molar-refractivity contribution < 1.29 is 9.47 Å². The van der Waals surface area contributed by atoms with Crippen LogP contribution in [0.15, 0.2) is 58.7 Å². The Morgan fingerprint density at radius 1 is 0.750 bits per heavy atom. The van der Waals surface area contributed by atoms with Crippen LogP contribution in [-0.2, 0) is 0 Å². The molecular weight excluding hydrogens is 444 g/mol. The molecule has 0 spiro atoms. The lowest BCUT2D eigenvalue weighted by molar-refractivity contribution is 0.287. The van der Waals surface area contributed by atoms with E-state index in [1.165, 1.54) is 0 Å². The lowest BCUT2D eigenvalue weighted by atomic mass is 10.2. The highest BCUT2D eigenvalue weighted by Gasteiger charge is 1.98. The predicted molar refractivity (Wildman–Crippen MR) is 137 cm³/mol. The molecule has 0 unspecified atom stereocenters. The Hall–Kier alpha value is -3.24. The molecular formula is C22H28N6O2S2. The van der Waals surface area contributed by atoms with Crippen LogP contribution in [0, 0.1) is 0 Å². The summed E-state index contributed by atoms with van der Waals surface area (Å²) in [7, 11) is 0. The number of rotatable bonds is 13. The summed E-state index contributed by atoms with van der Waals surface area (Å²) in [5.74, 6) is 1.61. The number of nitrogens with two attached hydrogens (primary N) is 2. The first-order valence-corrected chi connectivity index (χ1v) is 11.0. The number of hydrazone groups is 2. The molecule has 0 saturated carbocycles. The van der Waals surface area contributed by atoms with Crippen LogP contribution >= 0.6 is 24.4 Å². The van der Waals surface area contributed by atoms with Crippen molar-refractivity contribution in [1.82, 2.24) is 10.9 Å². The third-order valence-electron chi connectivity index (χ3n) is 4.07. The Morgan fingerprint density at radius 3 is 1.59 bits per heavy atom. The quantitative estimate of drug-likeness (QED) is 0.152. The third-order valence-corrected chi connectivity index (χ3v) is 4.25. The van der Waals surface area contributed by atoms with Gasteiger partial charge in [-0.05, 0) is 85.5 Å². The van der Waals surface area contributed by atoms with Gasteiger partial charge in [-0.1, -0.05) is 24.3 Å². The molecule has 8 nitrogen and oxygen atoms in total. The lowest BCUT2D eigenvalue weighted by Gasteiger charge is -2.08. The number of nitrogens with one attached hydrogen (secondary N) is 2. The van der Waals surface area contributed by atoms with E-state index in [1.807, 2.05) is 48.5 Å². The molecule has 2 rings (SSSR count). The summed E-state index contributed by atoms with van der Waals surface area (Å²) in [6, 6.07) is 15.4. The normalized spacial score (nSPS) is 10.9. The van der Waals surface area contributed by atoms with Gasteiger partial charge in [0.25, 0.3) is 0 Å². The summed E-state index contributed by atoms with van der Waals surface area (Å²) in [6.45, 7) is 1.32. The average Bonchev–Trinajstić information content (AvgIpc) is 2.76. The fraction of sp³-hybridized carbons (Fsp3) is 0.273. The van der Waals surface area contributed by atoms with E-state index in [0.717, 1.165) is 48.3 Å². The number of unbranched alkanes of at least 4 members (excludes halogenated alkanes) is 3. The zero-order valence-electron chi connectivity index (χ0n) is 17.7. The standard InChI is InChI=1S/C22H28N6O2S2/c23-21(31)27-25-15-17-7-5-9-19(13-17)29-11-3-1-2-4-12-30-20-10-6-8-18(14-20)16-26-28-22(24)32/h5-10,13-16H,1-4,11-12H2,(H3,23,27,31)(H3,24,28,32)/b25-15+,26-16+. The third kappa shape index (κ3) is 11.2. The molecule has 0 heterocycles. The second-order valence-corrected chi connectivity index (χ2v) is 7.60. The minimum atomic E-state index is 0.128. The van der Waals surface area contributed by atoms with Crippen LogP contribution in [0.4, 0.5) is 0 Å². The van der Waals surface area contributed by atoms with Gasteiger partial charge in [0.1, 0.15) is 11.5 Å². The molecule has 0 aliphatic carbocycles. The largest absolute Gasteiger partial charge is 0.494 e. The minimum absolute atomic E-state index is 0.128. The molecule has 0 saturated heterocycles. The van der Waals surface area contributed by atoms with Crippen molar-refractivity contribution in [3.8, 4) is 11.5 Å². The van der Waals surface area contributed by atoms with Gasteiger partial charge >= 0.3 is 0 Å². The fourth-order valence-corrected chi connectivity index (χ4v) is 2.75. The second-order valence-electron chi connectivity index (χ2n) is 6.72. The van der Waals surface area contributed by atoms with E-state index in [9.17, 15) is 0 Å². The Balaban J connectivity index is 1.58. The monoisotopic (exact) mass is 472 g/mol. The maximum Gasteiger partial charge on any atom is 0.184 e. The smallest absolute Gasteiger partial charge is 0.184 e. The van der Waals surface area contributed by atoms with E-state index in [4.69, 9.17) is 45.4 Å². The minimum Gasteiger partial charge on any atom is -0.494 e. The molecule has 0 atom stereocenters. The molecule has 10 heteroatoms. The Bertz CT molecular complexity index is 861. The zero-order chi connectivity index (χ0) is 23.0. The molecule has 6 N–H and O–H groups in total. The van der Waals surface area contributed by atoms with Crippen LogP contribution < -0.4 is 31.8 Å². The predicted octanol–water partition coefficient (Wildman–Crippen LogP) is 3.04. The first kappa shape index (κ1) is 25.0. The van der Waals surface area contributed by atoms with Crippen LogP contribution in [0.1, 0.15) is 36.8 Å². The molecule has 0 aliphatic rings. The topological polar surface area (TPSA) is 119 Å². The highest BCUT2D eigenvalue weighted by Crippen LogP contribution is 2.14. The van der Waals surface area contributed by atoms with Crippen molar-refractivity contribution in [2.24, 2.45) is 21.7 Å². The van der Waals surface area contributed by atoms with Gasteiger partial charge in [0.15, 0.2) is 10.2 Å². The fourth-order valence-electron chi connectivity index (χ4n) is 2.65. The summed E-state index contributed by atoms with van der Waals surface area (Å²) in [5.41, 5.74) is 17.5. The summed E-state index contributed by atoms with van der Waals surface area (Å²) < 4.78 is 11.6. The van der Waals surface area contributed by atoms with Crippen LogP contribution in [0.25, 0.3) is 0 Å². The Morgan fingerprint density at radius 2 is 1.19 bits per heavy atom. The highest BCUT2D eigenvalue weighted by molar-refractivity contribution is 7.80. The number of benzene rings is 2. The maximum absolute atomic E-state index is 5.81. The molecule has 0 fully saturated rings. The molecule has 0 amide bonds. The summed E-state index contributed by atoms with van der Waals surface area (Å²) >= 11 is 9.41. The van der Waals surface area contributed by atoms with Crippen molar-refractivity contribution in [3.05, 3.63) is 59.7 Å². The van der Waals surface area contributed by atoms with Crippen molar-refractivity contribution in [3.63, 3.8) is 0 Å². The van der Waals surface area contributed by atoms with E-state index in [-0.39, 0.29) is 10.2 Å². The summed E-state index contributed by atoms with van der Waals surface area (Å²) in [4.78, 5) is 0. The zero-order valence-corrected chi connectivity index (χ0v) is 19.3. The molecule has 2 aromatic carbocycles. The summed E-state index contributed by atoms with van der Waals surface area (Å²) in [5, 5.41) is 8.14. The highest BCUT2D eigenvalue weighted by atomic mass is 32.1. The average molecular weight is 473 g/mol. The first-order valence-electron chi connectivity index (χ1n) is 10.2. The van der Waals surface area contributed by atoms with E-state index in [1.54, 1.807) is 12.4 Å². The van der Waals surface area contributed by atoms with Crippen LogP contribution in [0.2, 0.25) is 0 Å². The number of hydrogen-bond donors (Lipinski definition) is 4. The molecule has 0 bridgehead atoms. The van der Waals surface area contributed by atoms with Crippen molar-refractivity contribution in [2.45, 2.75) is 25.7 Å². The van der Waals surface area contributed by atoms with Gasteiger partial charge < -0.3 is 20.9 Å². The Kier molecular flexibility index (Phi) is 11.5. The van der Waals surface area contributed by atoms with E-state index >= 15 is 0 Å². The maximum atomic E-state index is 5.81. The molecule has 0 radical (unpaired) electrons. The first-order chi connectivity index (χ1) is 15.5. The molecule has 2 aromatic rings. The van der Waals surface area contributed by atoms with Gasteiger partial charge in [0.05, 0.1) is 25.6 Å². The van der Waals surface area contributed by atoms with Gasteiger partial charge in [0.2, 0.25) is 0 Å². The van der Waals surface area contributed by atoms with Crippen molar-refractivity contribution in [2.75, 3.05) is 13.2 Å². The molecule has 0 aromatic heterocycles. The van der Waals surface area contributed by atoms with Crippen LogP contribution in [0.5, 0.6) is 11.5 Å². The second kappa shape index (κ2) is 14.7.